The van der Waals surface area contributed by atoms with Gasteiger partial charge in [-0.3, -0.25) is 4.79 Å². The number of rotatable bonds is 9. The van der Waals surface area contributed by atoms with Crippen LogP contribution in [-0.2, 0) is 26.3 Å². The summed E-state index contributed by atoms with van der Waals surface area (Å²) in [6.45, 7) is 10.8. The fourth-order valence-corrected chi connectivity index (χ4v) is 6.84. The molecule has 1 aliphatic carbocycles. The number of aliphatic carboxylic acids is 1. The molecule has 224 valence electrons. The van der Waals surface area contributed by atoms with E-state index in [4.69, 9.17) is 9.47 Å². The van der Waals surface area contributed by atoms with E-state index in [1.807, 2.05) is 50.2 Å². The molecule has 0 aromatic heterocycles. The van der Waals surface area contributed by atoms with Gasteiger partial charge in [0.1, 0.15) is 11.8 Å². The smallest absolute Gasteiger partial charge is 0.326 e. The molecule has 1 aliphatic heterocycles. The second-order valence-electron chi connectivity index (χ2n) is 13.2. The van der Waals surface area contributed by atoms with Crippen molar-refractivity contribution >= 4 is 11.9 Å². The Bertz CT molecular complexity index is 1200. The normalized spacial score (nSPS) is 23.9. The fourth-order valence-electron chi connectivity index (χ4n) is 6.84. The van der Waals surface area contributed by atoms with E-state index in [0.29, 0.717) is 6.54 Å². The van der Waals surface area contributed by atoms with Crippen LogP contribution in [0.1, 0.15) is 89.5 Å². The lowest BCUT2D eigenvalue weighted by atomic mass is 9.79. The number of methoxy groups -OCH3 is 2. The number of ether oxygens (including phenoxy) is 2. The molecule has 1 saturated heterocycles. The van der Waals surface area contributed by atoms with Crippen molar-refractivity contribution in [3.8, 4) is 5.75 Å². The number of carboxylic acid groups (broad SMARTS) is 1. The molecule has 2 aromatic carbocycles. The van der Waals surface area contributed by atoms with Gasteiger partial charge in [-0.05, 0) is 49.3 Å². The molecule has 2 aliphatic rings. The summed E-state index contributed by atoms with van der Waals surface area (Å²) in [6.07, 6.45) is 4.72. The number of amides is 1. The van der Waals surface area contributed by atoms with E-state index in [-0.39, 0.29) is 23.3 Å². The number of hydrogen-bond acceptors (Lipinski definition) is 5. The summed E-state index contributed by atoms with van der Waals surface area (Å²) in [5.41, 5.74) is 2.23. The Hall–Kier alpha value is -2.90. The van der Waals surface area contributed by atoms with Gasteiger partial charge in [0.2, 0.25) is 5.91 Å². The van der Waals surface area contributed by atoms with E-state index < -0.39 is 29.6 Å². The maximum atomic E-state index is 14.3. The van der Waals surface area contributed by atoms with Gasteiger partial charge in [-0.15, -0.1) is 0 Å². The Labute approximate surface area is 245 Å². The molecule has 2 fully saturated rings. The first kappa shape index (κ1) is 31.0. The quantitative estimate of drug-likeness (QED) is 0.382. The fraction of sp³-hybridized carbons (Fsp3) is 0.588. The predicted octanol–water partition coefficient (Wildman–Crippen LogP) is 6.11. The predicted molar refractivity (Wildman–Crippen MR) is 161 cm³/mol. The zero-order valence-electron chi connectivity index (χ0n) is 25.8. The van der Waals surface area contributed by atoms with Crippen molar-refractivity contribution in [2.24, 2.45) is 11.8 Å². The van der Waals surface area contributed by atoms with Gasteiger partial charge in [-0.25, -0.2) is 4.79 Å². The second-order valence-corrected chi connectivity index (χ2v) is 13.2. The van der Waals surface area contributed by atoms with E-state index in [0.717, 1.165) is 49.0 Å². The van der Waals surface area contributed by atoms with Crippen molar-refractivity contribution in [3.63, 3.8) is 0 Å². The molecule has 0 bridgehead atoms. The number of likely N-dealkylation sites (tertiary alicyclic amines) is 1. The van der Waals surface area contributed by atoms with Crippen LogP contribution in [0.15, 0.2) is 48.5 Å². The van der Waals surface area contributed by atoms with Crippen LogP contribution in [0.25, 0.3) is 0 Å². The molecular formula is C34H48N2O5. The molecule has 0 radical (unpaired) electrons. The van der Waals surface area contributed by atoms with Crippen molar-refractivity contribution in [2.75, 3.05) is 14.2 Å². The van der Waals surface area contributed by atoms with Crippen molar-refractivity contribution in [1.82, 2.24) is 10.2 Å². The lowest BCUT2D eigenvalue weighted by Gasteiger charge is -2.37. The zero-order valence-corrected chi connectivity index (χ0v) is 25.8. The standard InChI is InChI=1S/C34H48N2O5/c1-33(2,3)25-18-19-26(40-6)24(20-25)21-35-28-27(34(4,5)41-7)30(32(38)39)36(29(28)22-14-10-8-11-15-22)31(37)23-16-12-9-13-17-23/h8,10-11,14-15,18-20,23,27-30,35H,9,12-13,16-17,21H2,1-7H3,(H,38,39)/t27-,28-,29-,30-/m0/s1. The first-order chi connectivity index (χ1) is 19.4. The summed E-state index contributed by atoms with van der Waals surface area (Å²) < 4.78 is 11.7. The largest absolute Gasteiger partial charge is 0.496 e. The summed E-state index contributed by atoms with van der Waals surface area (Å²) in [5, 5.41) is 14.5. The Morgan fingerprint density at radius 1 is 0.976 bits per heavy atom. The summed E-state index contributed by atoms with van der Waals surface area (Å²) >= 11 is 0. The van der Waals surface area contributed by atoms with Crippen LogP contribution in [0, 0.1) is 11.8 Å². The van der Waals surface area contributed by atoms with Crippen LogP contribution in [0.3, 0.4) is 0 Å². The van der Waals surface area contributed by atoms with Gasteiger partial charge in [0.05, 0.1) is 18.8 Å². The molecule has 1 heterocycles. The highest BCUT2D eigenvalue weighted by atomic mass is 16.5. The summed E-state index contributed by atoms with van der Waals surface area (Å²) in [5.74, 6) is -0.960. The molecule has 2 N–H and O–H groups in total. The van der Waals surface area contributed by atoms with E-state index in [9.17, 15) is 14.7 Å². The maximum absolute atomic E-state index is 14.3. The number of benzene rings is 2. The molecule has 2 aromatic rings. The number of carbonyl (C=O) groups excluding carboxylic acids is 1. The SMILES string of the molecule is COc1ccc(C(C)(C)C)cc1CN[C@H]1[C@H](C(C)(C)OC)[C@@H](C(=O)O)N(C(=O)C2CCCCC2)[C@H]1c1ccccc1. The molecule has 1 amide bonds. The van der Waals surface area contributed by atoms with Crippen molar-refractivity contribution in [1.29, 1.82) is 0 Å². The van der Waals surface area contributed by atoms with E-state index in [1.165, 1.54) is 5.56 Å². The van der Waals surface area contributed by atoms with Crippen molar-refractivity contribution in [3.05, 3.63) is 65.2 Å². The summed E-state index contributed by atoms with van der Waals surface area (Å²) in [4.78, 5) is 29.1. The highest BCUT2D eigenvalue weighted by Gasteiger charge is 2.59. The highest BCUT2D eigenvalue weighted by molar-refractivity contribution is 5.87. The van der Waals surface area contributed by atoms with Gasteiger partial charge in [-0.1, -0.05) is 82.5 Å². The van der Waals surface area contributed by atoms with Crippen LogP contribution in [0.4, 0.5) is 0 Å². The summed E-state index contributed by atoms with van der Waals surface area (Å²) in [6, 6.07) is 14.2. The number of carbonyl (C=O) groups is 2. The first-order valence-electron chi connectivity index (χ1n) is 15.0. The second kappa shape index (κ2) is 12.5. The number of hydrogen-bond donors (Lipinski definition) is 2. The van der Waals surface area contributed by atoms with Gasteiger partial charge in [0.25, 0.3) is 0 Å². The zero-order chi connectivity index (χ0) is 29.9. The molecule has 7 heteroatoms. The molecule has 0 unspecified atom stereocenters. The summed E-state index contributed by atoms with van der Waals surface area (Å²) in [7, 11) is 3.29. The molecule has 1 saturated carbocycles. The third kappa shape index (κ3) is 6.46. The number of nitrogens with zero attached hydrogens (tertiary/aromatic N) is 1. The molecule has 41 heavy (non-hydrogen) atoms. The topological polar surface area (TPSA) is 88.1 Å². The average molecular weight is 565 g/mol. The van der Waals surface area contributed by atoms with Crippen LogP contribution < -0.4 is 10.1 Å². The van der Waals surface area contributed by atoms with Crippen molar-refractivity contribution in [2.45, 2.75) is 102 Å². The molecule has 4 atom stereocenters. The first-order valence-corrected chi connectivity index (χ1v) is 15.0. The molecular weight excluding hydrogens is 516 g/mol. The van der Waals surface area contributed by atoms with E-state index in [1.54, 1.807) is 19.1 Å². The minimum atomic E-state index is -1.04. The lowest BCUT2D eigenvalue weighted by Crippen LogP contribution is -2.53. The van der Waals surface area contributed by atoms with Gasteiger partial charge in [0.15, 0.2) is 0 Å². The molecule has 0 spiro atoms. The van der Waals surface area contributed by atoms with Crippen LogP contribution in [0.5, 0.6) is 5.75 Å². The van der Waals surface area contributed by atoms with E-state index in [2.05, 4.69) is 38.2 Å². The third-order valence-corrected chi connectivity index (χ3v) is 9.27. The number of nitrogens with one attached hydrogen (secondary N) is 1. The van der Waals surface area contributed by atoms with Crippen LogP contribution >= 0.6 is 0 Å². The van der Waals surface area contributed by atoms with Gasteiger partial charge in [0, 0.05) is 37.1 Å². The monoisotopic (exact) mass is 564 g/mol. The minimum absolute atomic E-state index is 0.0425. The Morgan fingerprint density at radius 2 is 1.63 bits per heavy atom. The maximum Gasteiger partial charge on any atom is 0.326 e. The van der Waals surface area contributed by atoms with Crippen LogP contribution in [-0.4, -0.2) is 53.8 Å². The van der Waals surface area contributed by atoms with Gasteiger partial charge >= 0.3 is 5.97 Å². The van der Waals surface area contributed by atoms with E-state index >= 15 is 0 Å². The lowest BCUT2D eigenvalue weighted by molar-refractivity contribution is -0.156. The van der Waals surface area contributed by atoms with Crippen molar-refractivity contribution < 1.29 is 24.2 Å². The highest BCUT2D eigenvalue weighted by Crippen LogP contribution is 2.47. The average Bonchev–Trinajstić information content (AvgIpc) is 3.32. The van der Waals surface area contributed by atoms with Gasteiger partial charge < -0.3 is 24.8 Å². The molecule has 7 nitrogen and oxygen atoms in total. The Morgan fingerprint density at radius 3 is 2.20 bits per heavy atom. The van der Waals surface area contributed by atoms with Gasteiger partial charge in [-0.2, -0.15) is 0 Å². The minimum Gasteiger partial charge on any atom is -0.496 e. The number of carboxylic acids is 1. The van der Waals surface area contributed by atoms with Crippen LogP contribution in [0.2, 0.25) is 0 Å². The molecule has 4 rings (SSSR count). The Kier molecular flexibility index (Phi) is 9.49. The Balaban J connectivity index is 1.83. The third-order valence-electron chi connectivity index (χ3n) is 9.27.